The van der Waals surface area contributed by atoms with Crippen molar-refractivity contribution < 1.29 is 9.21 Å². The number of aromatic nitrogens is 1. The summed E-state index contributed by atoms with van der Waals surface area (Å²) in [6.07, 6.45) is 2.23. The van der Waals surface area contributed by atoms with Crippen molar-refractivity contribution in [2.75, 3.05) is 12.4 Å². The highest BCUT2D eigenvalue weighted by Crippen LogP contribution is 2.17. The zero-order valence-corrected chi connectivity index (χ0v) is 10.5. The van der Waals surface area contributed by atoms with Crippen LogP contribution in [0.5, 0.6) is 0 Å². The monoisotopic (exact) mass is 264 g/mol. The van der Waals surface area contributed by atoms with Crippen molar-refractivity contribution in [3.8, 4) is 11.5 Å². The summed E-state index contributed by atoms with van der Waals surface area (Å²) in [5.41, 5.74) is 1.75. The van der Waals surface area contributed by atoms with Crippen LogP contribution in [0.4, 0.5) is 0 Å². The first-order valence-corrected chi connectivity index (χ1v) is 6.15. The van der Waals surface area contributed by atoms with Gasteiger partial charge in [0.05, 0.1) is 5.69 Å². The molecule has 0 unspecified atom stereocenters. The molecular weight excluding hydrogens is 252 g/mol. The Morgan fingerprint density at radius 3 is 2.83 bits per heavy atom. The number of hydrogen-bond donors (Lipinski definition) is 1. The van der Waals surface area contributed by atoms with E-state index in [2.05, 4.69) is 10.3 Å². The molecule has 5 heteroatoms. The number of hydrogen-bond acceptors (Lipinski definition) is 3. The molecule has 0 fully saturated rings. The lowest BCUT2D eigenvalue weighted by Gasteiger charge is -1.99. The third-order valence-corrected chi connectivity index (χ3v) is 2.64. The molecular formula is C13H13ClN2O2. The molecule has 1 aromatic carbocycles. The fraction of sp³-hybridized carbons (Fsp3) is 0.231. The largest absolute Gasteiger partial charge is 0.444 e. The number of benzene rings is 1. The van der Waals surface area contributed by atoms with Crippen LogP contribution in [0.1, 0.15) is 5.69 Å². The summed E-state index contributed by atoms with van der Waals surface area (Å²) in [5.74, 6) is 0.395. The van der Waals surface area contributed by atoms with E-state index in [1.807, 2.05) is 30.3 Å². The highest BCUT2D eigenvalue weighted by atomic mass is 35.5. The van der Waals surface area contributed by atoms with E-state index in [1.165, 1.54) is 0 Å². The van der Waals surface area contributed by atoms with Crippen molar-refractivity contribution >= 4 is 17.5 Å². The zero-order chi connectivity index (χ0) is 12.8. The van der Waals surface area contributed by atoms with Gasteiger partial charge in [0.25, 0.3) is 0 Å². The van der Waals surface area contributed by atoms with Gasteiger partial charge in [0.2, 0.25) is 11.8 Å². The van der Waals surface area contributed by atoms with Crippen LogP contribution < -0.4 is 5.32 Å². The average molecular weight is 265 g/mol. The van der Waals surface area contributed by atoms with E-state index in [9.17, 15) is 4.79 Å². The first-order chi connectivity index (χ1) is 8.79. The number of carbonyl (C=O) groups excluding carboxylic acids is 1. The predicted octanol–water partition coefficient (Wildman–Crippen LogP) is 2.24. The van der Waals surface area contributed by atoms with Crippen LogP contribution in [-0.4, -0.2) is 23.3 Å². The quantitative estimate of drug-likeness (QED) is 0.843. The van der Waals surface area contributed by atoms with Crippen LogP contribution in [0.2, 0.25) is 0 Å². The summed E-state index contributed by atoms with van der Waals surface area (Å²) >= 11 is 5.37. The van der Waals surface area contributed by atoms with E-state index >= 15 is 0 Å². The molecule has 0 saturated carbocycles. The van der Waals surface area contributed by atoms with Crippen LogP contribution in [-0.2, 0) is 11.2 Å². The van der Waals surface area contributed by atoms with E-state index < -0.39 is 0 Å². The predicted molar refractivity (Wildman–Crippen MR) is 69.4 cm³/mol. The summed E-state index contributed by atoms with van der Waals surface area (Å²) in [7, 11) is 0. The third kappa shape index (κ3) is 3.34. The number of oxazole rings is 1. The summed E-state index contributed by atoms with van der Waals surface area (Å²) in [4.78, 5) is 15.3. The van der Waals surface area contributed by atoms with Crippen molar-refractivity contribution in [1.82, 2.24) is 10.3 Å². The fourth-order valence-corrected chi connectivity index (χ4v) is 1.61. The molecule has 0 saturated heterocycles. The molecule has 1 amide bonds. The van der Waals surface area contributed by atoms with E-state index in [0.29, 0.717) is 18.9 Å². The number of rotatable bonds is 5. The SMILES string of the molecule is O=C(CCl)NCCc1coc(-c2ccccc2)n1. The van der Waals surface area contributed by atoms with Crippen LogP contribution >= 0.6 is 11.6 Å². The van der Waals surface area contributed by atoms with E-state index in [-0.39, 0.29) is 11.8 Å². The van der Waals surface area contributed by atoms with Crippen LogP contribution in [0, 0.1) is 0 Å². The molecule has 0 radical (unpaired) electrons. The molecule has 1 N–H and O–H groups in total. The van der Waals surface area contributed by atoms with Crippen LogP contribution in [0.3, 0.4) is 0 Å². The Morgan fingerprint density at radius 1 is 1.33 bits per heavy atom. The maximum atomic E-state index is 10.9. The Bertz CT molecular complexity index is 511. The molecule has 4 nitrogen and oxygen atoms in total. The standard InChI is InChI=1S/C13H13ClN2O2/c14-8-12(17)15-7-6-11-9-18-13(16-11)10-4-2-1-3-5-10/h1-5,9H,6-8H2,(H,15,17). The Kier molecular flexibility index (Phi) is 4.36. The van der Waals surface area contributed by atoms with Crippen LogP contribution in [0.25, 0.3) is 11.5 Å². The highest BCUT2D eigenvalue weighted by molar-refractivity contribution is 6.27. The summed E-state index contributed by atoms with van der Waals surface area (Å²) in [5, 5.41) is 2.68. The van der Waals surface area contributed by atoms with Gasteiger partial charge in [0.1, 0.15) is 12.1 Å². The number of amides is 1. The van der Waals surface area contributed by atoms with Crippen molar-refractivity contribution in [3.63, 3.8) is 0 Å². The molecule has 18 heavy (non-hydrogen) atoms. The van der Waals surface area contributed by atoms with E-state index in [0.717, 1.165) is 11.3 Å². The second-order valence-electron chi connectivity index (χ2n) is 3.74. The van der Waals surface area contributed by atoms with Crippen molar-refractivity contribution in [1.29, 1.82) is 0 Å². The summed E-state index contributed by atoms with van der Waals surface area (Å²) in [6, 6.07) is 9.67. The Hall–Kier alpha value is -1.81. The lowest BCUT2D eigenvalue weighted by atomic mass is 10.2. The van der Waals surface area contributed by atoms with E-state index in [1.54, 1.807) is 6.26 Å². The number of halogens is 1. The van der Waals surface area contributed by atoms with Crippen molar-refractivity contribution in [2.24, 2.45) is 0 Å². The molecule has 0 bridgehead atoms. The van der Waals surface area contributed by atoms with Gasteiger partial charge in [0, 0.05) is 18.5 Å². The van der Waals surface area contributed by atoms with Crippen LogP contribution in [0.15, 0.2) is 41.0 Å². The molecule has 94 valence electrons. The Labute approximate surface area is 110 Å². The Morgan fingerprint density at radius 2 is 2.11 bits per heavy atom. The minimum Gasteiger partial charge on any atom is -0.444 e. The van der Waals surface area contributed by atoms with Gasteiger partial charge in [0.15, 0.2) is 0 Å². The van der Waals surface area contributed by atoms with Gasteiger partial charge < -0.3 is 9.73 Å². The molecule has 0 aliphatic rings. The molecule has 0 aliphatic heterocycles. The minimum atomic E-state index is -0.177. The van der Waals surface area contributed by atoms with Crippen molar-refractivity contribution in [2.45, 2.75) is 6.42 Å². The molecule has 1 aromatic heterocycles. The Balaban J connectivity index is 1.93. The number of nitrogens with one attached hydrogen (secondary N) is 1. The third-order valence-electron chi connectivity index (χ3n) is 2.40. The van der Waals surface area contributed by atoms with Gasteiger partial charge in [-0.3, -0.25) is 4.79 Å². The minimum absolute atomic E-state index is 0.0198. The lowest BCUT2D eigenvalue weighted by Crippen LogP contribution is -2.26. The topological polar surface area (TPSA) is 55.1 Å². The molecule has 1 heterocycles. The number of nitrogens with zero attached hydrogens (tertiary/aromatic N) is 1. The first-order valence-electron chi connectivity index (χ1n) is 5.62. The molecule has 2 rings (SSSR count). The van der Waals surface area contributed by atoms with Crippen molar-refractivity contribution in [3.05, 3.63) is 42.3 Å². The molecule has 0 spiro atoms. The molecule has 0 aliphatic carbocycles. The highest BCUT2D eigenvalue weighted by Gasteiger charge is 2.06. The molecule has 2 aromatic rings. The zero-order valence-electron chi connectivity index (χ0n) is 9.73. The second-order valence-corrected chi connectivity index (χ2v) is 4.01. The first kappa shape index (κ1) is 12.6. The second kappa shape index (κ2) is 6.21. The number of carbonyl (C=O) groups is 1. The summed E-state index contributed by atoms with van der Waals surface area (Å²) < 4.78 is 5.38. The maximum Gasteiger partial charge on any atom is 0.234 e. The average Bonchev–Trinajstić information content (AvgIpc) is 2.88. The van der Waals surface area contributed by atoms with Gasteiger partial charge in [-0.2, -0.15) is 0 Å². The lowest BCUT2D eigenvalue weighted by molar-refractivity contribution is -0.118. The number of alkyl halides is 1. The van der Waals surface area contributed by atoms with Gasteiger partial charge in [-0.15, -0.1) is 11.6 Å². The molecule has 0 atom stereocenters. The van der Waals surface area contributed by atoms with Gasteiger partial charge in [-0.25, -0.2) is 4.98 Å². The maximum absolute atomic E-state index is 10.9. The normalized spacial score (nSPS) is 10.3. The summed E-state index contributed by atoms with van der Waals surface area (Å²) in [6.45, 7) is 0.506. The van der Waals surface area contributed by atoms with Gasteiger partial charge in [-0.05, 0) is 12.1 Å². The fourth-order valence-electron chi connectivity index (χ4n) is 1.51. The smallest absolute Gasteiger partial charge is 0.234 e. The van der Waals surface area contributed by atoms with E-state index in [4.69, 9.17) is 16.0 Å². The van der Waals surface area contributed by atoms with Gasteiger partial charge >= 0.3 is 0 Å². The van der Waals surface area contributed by atoms with Gasteiger partial charge in [-0.1, -0.05) is 18.2 Å².